The van der Waals surface area contributed by atoms with Gasteiger partial charge in [-0.15, -0.1) is 0 Å². The number of hydrogen-bond donors (Lipinski definition) is 1. The molecule has 0 radical (unpaired) electrons. The van der Waals surface area contributed by atoms with Crippen LogP contribution in [-0.2, 0) is 0 Å². The molecule has 0 aliphatic carbocycles. The lowest BCUT2D eigenvalue weighted by atomic mass is 9.88. The van der Waals surface area contributed by atoms with Gasteiger partial charge in [0.05, 0.1) is 0 Å². The van der Waals surface area contributed by atoms with Crippen LogP contribution in [0, 0.1) is 5.41 Å². The highest BCUT2D eigenvalue weighted by atomic mass is 19.3. The molecule has 0 aromatic heterocycles. The molecular weight excluding hydrogens is 196 g/mol. The van der Waals surface area contributed by atoms with Crippen molar-refractivity contribution in [3.8, 4) is 0 Å². The van der Waals surface area contributed by atoms with Crippen molar-refractivity contribution in [1.82, 2.24) is 0 Å². The minimum Gasteiger partial charge on any atom is -0.330 e. The fourth-order valence-electron chi connectivity index (χ4n) is 0.866. The third-order valence-electron chi connectivity index (χ3n) is 1.95. The Morgan fingerprint density at radius 1 is 1.13 bits per heavy atom. The molecule has 92 valence electrons. The van der Waals surface area contributed by atoms with Crippen LogP contribution >= 0.6 is 0 Å². The number of allylic oxidation sites excluding steroid dienone is 2. The Bertz CT molecular complexity index is 169. The number of nitrogens with two attached hydrogens (primary N) is 1. The molecule has 2 N–H and O–H groups in total. The van der Waals surface area contributed by atoms with Crippen LogP contribution in [0.3, 0.4) is 0 Å². The summed E-state index contributed by atoms with van der Waals surface area (Å²) >= 11 is 0. The van der Waals surface area contributed by atoms with Gasteiger partial charge in [-0.1, -0.05) is 33.8 Å². The molecule has 0 rings (SSSR count). The zero-order valence-corrected chi connectivity index (χ0v) is 10.6. The minimum absolute atomic E-state index is 0.0490. The van der Waals surface area contributed by atoms with Crippen molar-refractivity contribution >= 4 is 0 Å². The monoisotopic (exact) mass is 221 g/mol. The van der Waals surface area contributed by atoms with E-state index in [1.54, 1.807) is 0 Å². The molecule has 15 heavy (non-hydrogen) atoms. The van der Waals surface area contributed by atoms with E-state index < -0.39 is 5.92 Å². The zero-order chi connectivity index (χ0) is 12.5. The second kappa shape index (κ2) is 7.80. The molecule has 0 saturated carbocycles. The van der Waals surface area contributed by atoms with Gasteiger partial charge >= 0.3 is 0 Å². The summed E-state index contributed by atoms with van der Waals surface area (Å²) in [6.07, 6.45) is 3.97. The van der Waals surface area contributed by atoms with Crippen LogP contribution in [-0.4, -0.2) is 12.5 Å². The van der Waals surface area contributed by atoms with Crippen molar-refractivity contribution in [3.05, 3.63) is 12.2 Å². The zero-order valence-electron chi connectivity index (χ0n) is 10.6. The van der Waals surface area contributed by atoms with Crippen LogP contribution in [0.25, 0.3) is 0 Å². The summed E-state index contributed by atoms with van der Waals surface area (Å²) in [6, 6.07) is 0. The molecule has 0 bridgehead atoms. The summed E-state index contributed by atoms with van der Waals surface area (Å²) in [4.78, 5) is 0. The Balaban J connectivity index is 0. The van der Waals surface area contributed by atoms with E-state index in [2.05, 4.69) is 0 Å². The Labute approximate surface area is 92.7 Å². The first-order valence-corrected chi connectivity index (χ1v) is 5.52. The third kappa shape index (κ3) is 13.6. The molecule has 0 aromatic rings. The van der Waals surface area contributed by atoms with Crippen LogP contribution in [0.15, 0.2) is 12.2 Å². The molecule has 0 unspecified atom stereocenters. The van der Waals surface area contributed by atoms with Gasteiger partial charge in [-0.2, -0.15) is 0 Å². The predicted octanol–water partition coefficient (Wildman–Crippen LogP) is 3.99. The molecule has 0 aliphatic heterocycles. The first-order chi connectivity index (χ1) is 6.77. The van der Waals surface area contributed by atoms with Gasteiger partial charge in [0.1, 0.15) is 0 Å². The summed E-state index contributed by atoms with van der Waals surface area (Å²) in [5.74, 6) is -2.69. The number of rotatable bonds is 5. The van der Waals surface area contributed by atoms with Gasteiger partial charge < -0.3 is 5.73 Å². The summed E-state index contributed by atoms with van der Waals surface area (Å²) in [7, 11) is 0. The van der Waals surface area contributed by atoms with Crippen molar-refractivity contribution in [3.63, 3.8) is 0 Å². The Kier molecular flexibility index (Phi) is 8.83. The number of halogens is 2. The van der Waals surface area contributed by atoms with Gasteiger partial charge in [-0.25, -0.2) is 8.78 Å². The maximum absolute atomic E-state index is 12.3. The lowest BCUT2D eigenvalue weighted by molar-refractivity contribution is 0.0770. The highest BCUT2D eigenvalue weighted by molar-refractivity contribution is 4.92. The van der Waals surface area contributed by atoms with Crippen LogP contribution < -0.4 is 5.73 Å². The lowest BCUT2D eigenvalue weighted by Crippen LogP contribution is -2.23. The standard InChI is InChI=1S/C10H19F2N.C2H6/c1-9(2,8-13)6-4-5-7-10(3,11)12;1-2/h5,7H,4,6,8,13H2,1-3H3;1-2H3/b7-5+;. The smallest absolute Gasteiger partial charge is 0.263 e. The van der Waals surface area contributed by atoms with E-state index >= 15 is 0 Å². The number of hydrogen-bond acceptors (Lipinski definition) is 1. The summed E-state index contributed by atoms with van der Waals surface area (Å²) in [5.41, 5.74) is 5.55. The van der Waals surface area contributed by atoms with E-state index in [-0.39, 0.29) is 5.41 Å². The van der Waals surface area contributed by atoms with Crippen LogP contribution in [0.5, 0.6) is 0 Å². The molecule has 0 aliphatic rings. The number of alkyl halides is 2. The summed E-state index contributed by atoms with van der Waals surface area (Å²) in [5, 5.41) is 0. The normalized spacial score (nSPS) is 12.5. The van der Waals surface area contributed by atoms with E-state index in [1.807, 2.05) is 27.7 Å². The Morgan fingerprint density at radius 3 is 1.93 bits per heavy atom. The lowest BCUT2D eigenvalue weighted by Gasteiger charge is -2.20. The van der Waals surface area contributed by atoms with E-state index in [0.29, 0.717) is 13.0 Å². The predicted molar refractivity (Wildman–Crippen MR) is 63.2 cm³/mol. The quantitative estimate of drug-likeness (QED) is 0.698. The van der Waals surface area contributed by atoms with Crippen molar-refractivity contribution in [2.45, 2.75) is 53.4 Å². The molecule has 1 nitrogen and oxygen atoms in total. The Hall–Kier alpha value is -0.440. The molecule has 0 amide bonds. The topological polar surface area (TPSA) is 26.0 Å². The van der Waals surface area contributed by atoms with Gasteiger partial charge in [-0.3, -0.25) is 0 Å². The minimum atomic E-state index is -2.69. The molecule has 0 fully saturated rings. The molecular formula is C12H25F2N. The summed E-state index contributed by atoms with van der Waals surface area (Å²) in [6.45, 7) is 9.54. The van der Waals surface area contributed by atoms with Gasteiger partial charge in [-0.05, 0) is 30.9 Å². The van der Waals surface area contributed by atoms with Gasteiger partial charge in [0.25, 0.3) is 5.92 Å². The molecule has 0 aromatic carbocycles. The molecule has 3 heteroatoms. The van der Waals surface area contributed by atoms with E-state index in [9.17, 15) is 8.78 Å². The van der Waals surface area contributed by atoms with Gasteiger partial charge in [0.15, 0.2) is 0 Å². The molecule has 0 atom stereocenters. The van der Waals surface area contributed by atoms with Crippen LogP contribution in [0.2, 0.25) is 0 Å². The molecule has 0 spiro atoms. The van der Waals surface area contributed by atoms with E-state index in [0.717, 1.165) is 19.4 Å². The van der Waals surface area contributed by atoms with Crippen molar-refractivity contribution in [2.24, 2.45) is 11.1 Å². The maximum atomic E-state index is 12.3. The van der Waals surface area contributed by atoms with Gasteiger partial charge in [0, 0.05) is 6.92 Å². The second-order valence-corrected chi connectivity index (χ2v) is 4.27. The van der Waals surface area contributed by atoms with E-state index in [1.165, 1.54) is 6.08 Å². The molecule has 0 heterocycles. The highest BCUT2D eigenvalue weighted by Crippen LogP contribution is 2.21. The van der Waals surface area contributed by atoms with Gasteiger partial charge in [0.2, 0.25) is 0 Å². The first kappa shape index (κ1) is 17.0. The maximum Gasteiger partial charge on any atom is 0.263 e. The summed E-state index contributed by atoms with van der Waals surface area (Å²) < 4.78 is 24.6. The van der Waals surface area contributed by atoms with Crippen LogP contribution in [0.1, 0.15) is 47.5 Å². The first-order valence-electron chi connectivity index (χ1n) is 5.52. The fourth-order valence-corrected chi connectivity index (χ4v) is 0.866. The van der Waals surface area contributed by atoms with E-state index in [4.69, 9.17) is 5.73 Å². The van der Waals surface area contributed by atoms with Crippen molar-refractivity contribution in [1.29, 1.82) is 0 Å². The average Bonchev–Trinajstić information content (AvgIpc) is 2.15. The fraction of sp³-hybridized carbons (Fsp3) is 0.833. The average molecular weight is 221 g/mol. The van der Waals surface area contributed by atoms with Crippen LogP contribution in [0.4, 0.5) is 8.78 Å². The van der Waals surface area contributed by atoms with Crippen molar-refractivity contribution in [2.75, 3.05) is 6.54 Å². The highest BCUT2D eigenvalue weighted by Gasteiger charge is 2.16. The van der Waals surface area contributed by atoms with Crippen molar-refractivity contribution < 1.29 is 8.78 Å². The SMILES string of the molecule is CC.CC(F)(F)/C=C/CCC(C)(C)CN. The molecule has 0 saturated heterocycles. The Morgan fingerprint density at radius 2 is 1.60 bits per heavy atom. The third-order valence-corrected chi connectivity index (χ3v) is 1.95. The largest absolute Gasteiger partial charge is 0.330 e. The second-order valence-electron chi connectivity index (χ2n) is 4.27.